The number of hydrogen-bond donors (Lipinski definition) is 1. The topological polar surface area (TPSA) is 29.9 Å². The molecule has 1 aromatic heterocycles. The van der Waals surface area contributed by atoms with Gasteiger partial charge in [0.25, 0.3) is 0 Å². The van der Waals surface area contributed by atoms with Crippen LogP contribution in [-0.2, 0) is 13.1 Å². The predicted octanol–water partition coefficient (Wildman–Crippen LogP) is 3.62. The molecule has 0 saturated heterocycles. The SMILES string of the molecule is Cc1c(CNCc2ccc(F)cc2)cnn1C(C)C.Cl. The molecule has 0 saturated carbocycles. The molecule has 0 fully saturated rings. The molecule has 0 unspecified atom stereocenters. The molecule has 0 radical (unpaired) electrons. The Labute approximate surface area is 125 Å². The van der Waals surface area contributed by atoms with E-state index in [1.807, 2.05) is 10.9 Å². The molecule has 0 amide bonds. The predicted molar refractivity (Wildman–Crippen MR) is 81.5 cm³/mol. The maximum Gasteiger partial charge on any atom is 0.123 e. The zero-order valence-electron chi connectivity index (χ0n) is 12.1. The average Bonchev–Trinajstić information content (AvgIpc) is 2.74. The van der Waals surface area contributed by atoms with E-state index in [0.29, 0.717) is 6.04 Å². The lowest BCUT2D eigenvalue weighted by atomic mass is 10.2. The Morgan fingerprint density at radius 2 is 1.85 bits per heavy atom. The Balaban J connectivity index is 0.00000200. The molecular weight excluding hydrogens is 277 g/mol. The Bertz CT molecular complexity index is 535. The Morgan fingerprint density at radius 1 is 1.20 bits per heavy atom. The summed E-state index contributed by atoms with van der Waals surface area (Å²) in [6.07, 6.45) is 1.91. The lowest BCUT2D eigenvalue weighted by molar-refractivity contribution is 0.517. The van der Waals surface area contributed by atoms with Gasteiger partial charge in [0.2, 0.25) is 0 Å². The van der Waals surface area contributed by atoms with Crippen LogP contribution in [0, 0.1) is 12.7 Å². The number of halogens is 2. The van der Waals surface area contributed by atoms with Crippen LogP contribution < -0.4 is 5.32 Å². The highest BCUT2D eigenvalue weighted by Gasteiger charge is 2.08. The van der Waals surface area contributed by atoms with Crippen molar-refractivity contribution >= 4 is 12.4 Å². The van der Waals surface area contributed by atoms with Crippen molar-refractivity contribution in [3.8, 4) is 0 Å². The molecule has 0 bridgehead atoms. The van der Waals surface area contributed by atoms with E-state index >= 15 is 0 Å². The molecule has 0 aliphatic carbocycles. The van der Waals surface area contributed by atoms with Crippen LogP contribution >= 0.6 is 12.4 Å². The highest BCUT2D eigenvalue weighted by molar-refractivity contribution is 5.85. The van der Waals surface area contributed by atoms with E-state index < -0.39 is 0 Å². The average molecular weight is 298 g/mol. The molecule has 2 aromatic rings. The summed E-state index contributed by atoms with van der Waals surface area (Å²) in [5.74, 6) is -0.196. The number of nitrogens with zero attached hydrogens (tertiary/aromatic N) is 2. The van der Waals surface area contributed by atoms with E-state index in [2.05, 4.69) is 31.2 Å². The Morgan fingerprint density at radius 3 is 2.40 bits per heavy atom. The molecule has 5 heteroatoms. The monoisotopic (exact) mass is 297 g/mol. The van der Waals surface area contributed by atoms with E-state index in [9.17, 15) is 4.39 Å². The first-order chi connectivity index (χ1) is 9.08. The van der Waals surface area contributed by atoms with Gasteiger partial charge in [-0.1, -0.05) is 12.1 Å². The van der Waals surface area contributed by atoms with E-state index in [0.717, 1.165) is 18.7 Å². The van der Waals surface area contributed by atoms with Gasteiger partial charge in [0.1, 0.15) is 5.82 Å². The van der Waals surface area contributed by atoms with Crippen LogP contribution in [0.2, 0.25) is 0 Å². The number of aromatic nitrogens is 2. The molecule has 110 valence electrons. The van der Waals surface area contributed by atoms with Crippen LogP contribution in [0.3, 0.4) is 0 Å². The summed E-state index contributed by atoms with van der Waals surface area (Å²) in [5.41, 5.74) is 3.48. The van der Waals surface area contributed by atoms with Crippen molar-refractivity contribution in [3.05, 3.63) is 53.1 Å². The van der Waals surface area contributed by atoms with Crippen molar-refractivity contribution in [3.63, 3.8) is 0 Å². The van der Waals surface area contributed by atoms with Crippen molar-refractivity contribution in [2.45, 2.75) is 39.9 Å². The van der Waals surface area contributed by atoms with Crippen molar-refractivity contribution < 1.29 is 4.39 Å². The molecule has 20 heavy (non-hydrogen) atoms. The summed E-state index contributed by atoms with van der Waals surface area (Å²) >= 11 is 0. The van der Waals surface area contributed by atoms with Gasteiger partial charge in [-0.2, -0.15) is 5.10 Å². The van der Waals surface area contributed by atoms with Crippen molar-refractivity contribution in [1.29, 1.82) is 0 Å². The first-order valence-corrected chi connectivity index (χ1v) is 6.56. The lowest BCUT2D eigenvalue weighted by Gasteiger charge is -2.09. The maximum atomic E-state index is 12.8. The maximum absolute atomic E-state index is 12.8. The normalized spacial score (nSPS) is 10.7. The van der Waals surface area contributed by atoms with Gasteiger partial charge >= 0.3 is 0 Å². The van der Waals surface area contributed by atoms with Crippen molar-refractivity contribution in [1.82, 2.24) is 15.1 Å². The molecule has 1 N–H and O–H groups in total. The highest BCUT2D eigenvalue weighted by Crippen LogP contribution is 2.12. The second-order valence-corrected chi connectivity index (χ2v) is 5.02. The van der Waals surface area contributed by atoms with Crippen LogP contribution in [0.4, 0.5) is 4.39 Å². The summed E-state index contributed by atoms with van der Waals surface area (Å²) in [4.78, 5) is 0. The van der Waals surface area contributed by atoms with Gasteiger partial charge in [-0.05, 0) is 38.5 Å². The largest absolute Gasteiger partial charge is 0.308 e. The summed E-state index contributed by atoms with van der Waals surface area (Å²) in [6, 6.07) is 6.95. The minimum Gasteiger partial charge on any atom is -0.308 e. The Hall–Kier alpha value is -1.39. The van der Waals surface area contributed by atoms with Gasteiger partial charge in [0.05, 0.1) is 6.20 Å². The molecule has 1 heterocycles. The molecule has 2 rings (SSSR count). The molecule has 0 atom stereocenters. The first-order valence-electron chi connectivity index (χ1n) is 6.56. The second-order valence-electron chi connectivity index (χ2n) is 5.02. The van der Waals surface area contributed by atoms with Crippen LogP contribution in [-0.4, -0.2) is 9.78 Å². The minimum atomic E-state index is -0.196. The van der Waals surface area contributed by atoms with Gasteiger partial charge < -0.3 is 5.32 Å². The highest BCUT2D eigenvalue weighted by atomic mass is 35.5. The summed E-state index contributed by atoms with van der Waals surface area (Å²) in [5, 5.41) is 7.73. The fourth-order valence-electron chi connectivity index (χ4n) is 2.10. The fraction of sp³-hybridized carbons (Fsp3) is 0.400. The van der Waals surface area contributed by atoms with Gasteiger partial charge in [-0.25, -0.2) is 4.39 Å². The van der Waals surface area contributed by atoms with Crippen LogP contribution in [0.1, 0.15) is 36.7 Å². The number of hydrogen-bond acceptors (Lipinski definition) is 2. The molecule has 0 aliphatic heterocycles. The van der Waals surface area contributed by atoms with E-state index in [-0.39, 0.29) is 18.2 Å². The quantitative estimate of drug-likeness (QED) is 0.913. The number of rotatable bonds is 5. The lowest BCUT2D eigenvalue weighted by Crippen LogP contribution is -2.13. The third kappa shape index (κ3) is 4.05. The molecule has 0 spiro atoms. The molecule has 1 aromatic carbocycles. The van der Waals surface area contributed by atoms with Gasteiger partial charge in [0, 0.05) is 30.4 Å². The van der Waals surface area contributed by atoms with Crippen LogP contribution in [0.25, 0.3) is 0 Å². The zero-order valence-corrected chi connectivity index (χ0v) is 12.9. The second kappa shape index (κ2) is 7.41. The van der Waals surface area contributed by atoms with Gasteiger partial charge in [-0.15, -0.1) is 12.4 Å². The summed E-state index contributed by atoms with van der Waals surface area (Å²) in [7, 11) is 0. The van der Waals surface area contributed by atoms with Crippen molar-refractivity contribution in [2.24, 2.45) is 0 Å². The molecular formula is C15H21ClFN3. The third-order valence-electron chi connectivity index (χ3n) is 3.19. The first kappa shape index (κ1) is 16.7. The number of benzene rings is 1. The van der Waals surface area contributed by atoms with Crippen LogP contribution in [0.5, 0.6) is 0 Å². The fourth-order valence-corrected chi connectivity index (χ4v) is 2.10. The summed E-state index contributed by atoms with van der Waals surface area (Å²) in [6.45, 7) is 7.83. The van der Waals surface area contributed by atoms with Gasteiger partial charge in [-0.3, -0.25) is 4.68 Å². The Kier molecular flexibility index (Phi) is 6.17. The van der Waals surface area contributed by atoms with E-state index in [4.69, 9.17) is 0 Å². The third-order valence-corrected chi connectivity index (χ3v) is 3.19. The standard InChI is InChI=1S/C15H20FN3.ClH/c1-11(2)19-12(3)14(10-18-19)9-17-8-13-4-6-15(16)7-5-13;/h4-7,10-11,17H,8-9H2,1-3H3;1H. The minimum absolute atomic E-state index is 0. The van der Waals surface area contributed by atoms with Crippen LogP contribution in [0.15, 0.2) is 30.5 Å². The number of nitrogens with one attached hydrogen (secondary N) is 1. The summed E-state index contributed by atoms with van der Waals surface area (Å²) < 4.78 is 14.8. The van der Waals surface area contributed by atoms with E-state index in [1.165, 1.54) is 23.4 Å². The van der Waals surface area contributed by atoms with E-state index in [1.54, 1.807) is 12.1 Å². The van der Waals surface area contributed by atoms with Crippen molar-refractivity contribution in [2.75, 3.05) is 0 Å². The smallest absolute Gasteiger partial charge is 0.123 e. The van der Waals surface area contributed by atoms with Gasteiger partial charge in [0.15, 0.2) is 0 Å². The zero-order chi connectivity index (χ0) is 13.8. The molecule has 0 aliphatic rings. The molecule has 3 nitrogen and oxygen atoms in total.